The molecule has 1 aromatic heterocycles. The summed E-state index contributed by atoms with van der Waals surface area (Å²) in [6.45, 7) is 5.60. The van der Waals surface area contributed by atoms with Gasteiger partial charge in [0.25, 0.3) is 5.91 Å². The second-order valence-corrected chi connectivity index (χ2v) is 9.11. The van der Waals surface area contributed by atoms with Crippen molar-refractivity contribution in [2.75, 3.05) is 18.5 Å². The van der Waals surface area contributed by atoms with Crippen LogP contribution in [0.25, 0.3) is 17.0 Å². The summed E-state index contributed by atoms with van der Waals surface area (Å²) in [5.41, 5.74) is 10.9. The number of ether oxygens (including phenoxy) is 1. The van der Waals surface area contributed by atoms with Crippen LogP contribution in [0.1, 0.15) is 43.5 Å². The van der Waals surface area contributed by atoms with Crippen molar-refractivity contribution in [3.8, 4) is 17.1 Å². The SMILES string of the molecule is CCC(CC)NC(=O)COc1cccc(-c2nc3c(c(Nc4ccc(/C(C=N)=C/N)cc4)n2)CNCC3)c1. The minimum atomic E-state index is -0.131. The number of anilines is 2. The summed E-state index contributed by atoms with van der Waals surface area (Å²) in [5.74, 6) is 1.79. The van der Waals surface area contributed by atoms with E-state index < -0.39 is 0 Å². The van der Waals surface area contributed by atoms with E-state index in [-0.39, 0.29) is 18.6 Å². The number of nitrogens with zero attached hydrogens (tertiary/aromatic N) is 2. The molecule has 4 rings (SSSR count). The van der Waals surface area contributed by atoms with Gasteiger partial charge in [0, 0.05) is 60.4 Å². The number of carbonyl (C=O) groups excluding carboxylic acids is 1. The second kappa shape index (κ2) is 12.8. The van der Waals surface area contributed by atoms with Gasteiger partial charge in [-0.3, -0.25) is 4.79 Å². The van der Waals surface area contributed by atoms with E-state index in [4.69, 9.17) is 25.8 Å². The quantitative estimate of drug-likeness (QED) is 0.243. The lowest BCUT2D eigenvalue weighted by molar-refractivity contribution is -0.123. The largest absolute Gasteiger partial charge is 0.484 e. The molecule has 9 nitrogen and oxygen atoms in total. The van der Waals surface area contributed by atoms with E-state index >= 15 is 0 Å². The van der Waals surface area contributed by atoms with E-state index in [0.29, 0.717) is 23.7 Å². The predicted molar refractivity (Wildman–Crippen MR) is 152 cm³/mol. The molecule has 0 atom stereocenters. The highest BCUT2D eigenvalue weighted by Gasteiger charge is 2.19. The molecular weight excluding hydrogens is 478 g/mol. The lowest BCUT2D eigenvalue weighted by Gasteiger charge is -2.21. The number of carbonyl (C=O) groups is 1. The van der Waals surface area contributed by atoms with Gasteiger partial charge in [-0.2, -0.15) is 0 Å². The Labute approximate surface area is 223 Å². The average Bonchev–Trinajstić information content (AvgIpc) is 2.96. The lowest BCUT2D eigenvalue weighted by Crippen LogP contribution is -2.37. The molecule has 38 heavy (non-hydrogen) atoms. The second-order valence-electron chi connectivity index (χ2n) is 9.11. The summed E-state index contributed by atoms with van der Waals surface area (Å²) in [6, 6.07) is 15.4. The molecule has 3 aromatic rings. The van der Waals surface area contributed by atoms with Crippen molar-refractivity contribution in [2.45, 2.75) is 45.7 Å². The van der Waals surface area contributed by atoms with Crippen molar-refractivity contribution in [1.29, 1.82) is 5.41 Å². The fraction of sp³-hybridized carbons (Fsp3) is 0.310. The normalized spacial score (nSPS) is 13.1. The number of nitrogens with two attached hydrogens (primary N) is 1. The van der Waals surface area contributed by atoms with Crippen LogP contribution in [0.4, 0.5) is 11.5 Å². The summed E-state index contributed by atoms with van der Waals surface area (Å²) >= 11 is 0. The maximum Gasteiger partial charge on any atom is 0.258 e. The van der Waals surface area contributed by atoms with Crippen LogP contribution in [0, 0.1) is 5.41 Å². The highest BCUT2D eigenvalue weighted by atomic mass is 16.5. The number of aromatic nitrogens is 2. The number of hydrogen-bond donors (Lipinski definition) is 5. The van der Waals surface area contributed by atoms with Crippen molar-refractivity contribution in [3.63, 3.8) is 0 Å². The van der Waals surface area contributed by atoms with Gasteiger partial charge in [-0.25, -0.2) is 9.97 Å². The van der Waals surface area contributed by atoms with Crippen molar-refractivity contribution in [2.24, 2.45) is 5.73 Å². The fourth-order valence-electron chi connectivity index (χ4n) is 4.32. The molecule has 0 saturated carbocycles. The van der Waals surface area contributed by atoms with E-state index in [1.54, 1.807) is 0 Å². The number of rotatable bonds is 11. The Morgan fingerprint density at radius 2 is 1.97 bits per heavy atom. The Morgan fingerprint density at radius 1 is 1.18 bits per heavy atom. The fourth-order valence-corrected chi connectivity index (χ4v) is 4.32. The van der Waals surface area contributed by atoms with Gasteiger partial charge in [0.2, 0.25) is 0 Å². The average molecular weight is 514 g/mol. The van der Waals surface area contributed by atoms with Crippen LogP contribution >= 0.6 is 0 Å². The predicted octanol–water partition coefficient (Wildman–Crippen LogP) is 4.17. The molecule has 0 aliphatic carbocycles. The smallest absolute Gasteiger partial charge is 0.258 e. The molecule has 0 unspecified atom stereocenters. The molecule has 1 aliphatic heterocycles. The van der Waals surface area contributed by atoms with E-state index in [9.17, 15) is 4.79 Å². The zero-order chi connectivity index (χ0) is 26.9. The maximum atomic E-state index is 12.3. The summed E-state index contributed by atoms with van der Waals surface area (Å²) in [5, 5.41) is 17.3. The molecule has 0 bridgehead atoms. The van der Waals surface area contributed by atoms with Gasteiger partial charge in [0.15, 0.2) is 12.4 Å². The molecule has 0 saturated heterocycles. The Balaban J connectivity index is 1.56. The van der Waals surface area contributed by atoms with Gasteiger partial charge in [-0.1, -0.05) is 38.1 Å². The summed E-state index contributed by atoms with van der Waals surface area (Å²) in [6.07, 6.45) is 5.23. The minimum Gasteiger partial charge on any atom is -0.484 e. The first-order valence-corrected chi connectivity index (χ1v) is 13.0. The van der Waals surface area contributed by atoms with Gasteiger partial charge in [0.1, 0.15) is 11.6 Å². The summed E-state index contributed by atoms with van der Waals surface area (Å²) < 4.78 is 5.78. The molecule has 6 N–H and O–H groups in total. The van der Waals surface area contributed by atoms with Crippen LogP contribution in [0.3, 0.4) is 0 Å². The third-order valence-corrected chi connectivity index (χ3v) is 6.56. The first-order chi connectivity index (χ1) is 18.5. The first kappa shape index (κ1) is 26.8. The number of allylic oxidation sites excluding steroid dienone is 1. The van der Waals surface area contributed by atoms with Gasteiger partial charge in [-0.05, 0) is 42.7 Å². The van der Waals surface area contributed by atoms with E-state index in [1.807, 2.05) is 48.5 Å². The van der Waals surface area contributed by atoms with E-state index in [0.717, 1.165) is 59.7 Å². The zero-order valence-electron chi connectivity index (χ0n) is 21.9. The summed E-state index contributed by atoms with van der Waals surface area (Å²) in [4.78, 5) is 22.0. The molecule has 0 radical (unpaired) electrons. The molecular formula is C29H35N7O2. The van der Waals surface area contributed by atoms with Crippen molar-refractivity contribution < 1.29 is 9.53 Å². The van der Waals surface area contributed by atoms with Crippen LogP contribution < -0.4 is 26.4 Å². The van der Waals surface area contributed by atoms with Crippen LogP contribution in [-0.2, 0) is 17.8 Å². The lowest BCUT2D eigenvalue weighted by atomic mass is 10.1. The number of nitrogens with one attached hydrogen (secondary N) is 4. The third kappa shape index (κ3) is 6.54. The molecule has 9 heteroatoms. The first-order valence-electron chi connectivity index (χ1n) is 13.0. The Morgan fingerprint density at radius 3 is 2.68 bits per heavy atom. The van der Waals surface area contributed by atoms with E-state index in [2.05, 4.69) is 29.8 Å². The third-order valence-electron chi connectivity index (χ3n) is 6.56. The zero-order valence-corrected chi connectivity index (χ0v) is 21.9. The highest BCUT2D eigenvalue weighted by Crippen LogP contribution is 2.29. The van der Waals surface area contributed by atoms with Crippen molar-refractivity contribution in [1.82, 2.24) is 20.6 Å². The maximum absolute atomic E-state index is 12.3. The molecule has 0 spiro atoms. The Kier molecular flexibility index (Phi) is 9.05. The molecule has 2 heterocycles. The standard InChI is InChI=1S/C29H35N7O2/c1-3-22(4-2)33-27(37)18-38-24-7-5-6-20(14-24)28-35-26-12-13-32-17-25(26)29(36-28)34-23-10-8-19(9-11-23)21(15-30)16-31/h5-11,14-16,22,30,32H,3-4,12-13,17-18,31H2,1-2H3,(H,33,37)(H,34,35,36)/b21-16+,30-15?. The Hall–Kier alpha value is -4.24. The number of benzene rings is 2. The number of hydrogen-bond acceptors (Lipinski definition) is 8. The molecule has 2 aromatic carbocycles. The van der Waals surface area contributed by atoms with E-state index in [1.165, 1.54) is 12.4 Å². The van der Waals surface area contributed by atoms with Gasteiger partial charge in [-0.15, -0.1) is 0 Å². The Bertz CT molecular complexity index is 1300. The van der Waals surface area contributed by atoms with Gasteiger partial charge >= 0.3 is 0 Å². The number of amides is 1. The topological polar surface area (TPSA) is 138 Å². The monoisotopic (exact) mass is 513 g/mol. The van der Waals surface area contributed by atoms with Gasteiger partial charge < -0.3 is 31.8 Å². The molecule has 198 valence electrons. The molecule has 1 aliphatic rings. The molecule has 0 fully saturated rings. The molecule has 1 amide bonds. The van der Waals surface area contributed by atoms with Crippen molar-refractivity contribution in [3.05, 3.63) is 71.6 Å². The van der Waals surface area contributed by atoms with Crippen LogP contribution in [-0.4, -0.2) is 41.3 Å². The van der Waals surface area contributed by atoms with Crippen LogP contribution in [0.5, 0.6) is 5.75 Å². The van der Waals surface area contributed by atoms with Crippen molar-refractivity contribution >= 4 is 29.2 Å². The van der Waals surface area contributed by atoms with Gasteiger partial charge in [0.05, 0.1) is 5.69 Å². The summed E-state index contributed by atoms with van der Waals surface area (Å²) in [7, 11) is 0. The number of fused-ring (bicyclic) bond motifs is 1. The highest BCUT2D eigenvalue weighted by molar-refractivity contribution is 6.08. The minimum absolute atomic E-state index is 0.0431. The van der Waals surface area contributed by atoms with Crippen LogP contribution in [0.15, 0.2) is 54.7 Å². The van der Waals surface area contributed by atoms with Crippen LogP contribution in [0.2, 0.25) is 0 Å².